The van der Waals surface area contributed by atoms with E-state index in [0.717, 1.165) is 32.3 Å². The predicted molar refractivity (Wildman–Crippen MR) is 88.1 cm³/mol. The Morgan fingerprint density at radius 3 is 2.33 bits per heavy atom. The van der Waals surface area contributed by atoms with Crippen LogP contribution < -0.4 is 0 Å². The van der Waals surface area contributed by atoms with Crippen LogP contribution in [0.15, 0.2) is 11.1 Å². The SMILES string of the molecule is CC(C)=C1[C@H]2CC[C@@H]1[C@H]1C(=O)N(CCOCC3CCCO3)C(=O)[C@H]12. The Morgan fingerprint density at radius 2 is 1.79 bits per heavy atom. The van der Waals surface area contributed by atoms with Crippen molar-refractivity contribution < 1.29 is 19.1 Å². The van der Waals surface area contributed by atoms with Crippen molar-refractivity contribution in [3.63, 3.8) is 0 Å². The van der Waals surface area contributed by atoms with E-state index in [1.54, 1.807) is 0 Å². The summed E-state index contributed by atoms with van der Waals surface area (Å²) in [6, 6.07) is 0. The van der Waals surface area contributed by atoms with E-state index in [-0.39, 0.29) is 29.8 Å². The van der Waals surface area contributed by atoms with Crippen molar-refractivity contribution in [2.75, 3.05) is 26.4 Å². The Hall–Kier alpha value is -1.20. The Bertz CT molecular complexity index is 542. The zero-order valence-corrected chi connectivity index (χ0v) is 14.6. The van der Waals surface area contributed by atoms with Crippen molar-refractivity contribution in [1.29, 1.82) is 0 Å². The minimum absolute atomic E-state index is 0.0386. The third kappa shape index (κ3) is 2.44. The third-order valence-electron chi connectivity index (χ3n) is 6.31. The minimum atomic E-state index is -0.0979. The molecular weight excluding hydrogens is 306 g/mol. The van der Waals surface area contributed by atoms with Crippen LogP contribution in [0.1, 0.15) is 39.5 Å². The number of carbonyl (C=O) groups excluding carboxylic acids is 2. The Balaban J connectivity index is 1.37. The van der Waals surface area contributed by atoms with Gasteiger partial charge in [0.15, 0.2) is 0 Å². The van der Waals surface area contributed by atoms with Gasteiger partial charge in [0, 0.05) is 6.61 Å². The fourth-order valence-electron chi connectivity index (χ4n) is 5.42. The number of likely N-dealkylation sites (tertiary alicyclic amines) is 1. The van der Waals surface area contributed by atoms with Crippen LogP contribution in [0.3, 0.4) is 0 Å². The van der Waals surface area contributed by atoms with E-state index < -0.39 is 0 Å². The molecule has 2 bridgehead atoms. The van der Waals surface area contributed by atoms with Gasteiger partial charge >= 0.3 is 0 Å². The van der Waals surface area contributed by atoms with Gasteiger partial charge in [-0.1, -0.05) is 11.1 Å². The number of carbonyl (C=O) groups is 2. The van der Waals surface area contributed by atoms with E-state index in [9.17, 15) is 9.59 Å². The molecule has 24 heavy (non-hydrogen) atoms. The summed E-state index contributed by atoms with van der Waals surface area (Å²) in [5.41, 5.74) is 2.71. The topological polar surface area (TPSA) is 55.8 Å². The van der Waals surface area contributed by atoms with Gasteiger partial charge in [-0.3, -0.25) is 14.5 Å². The molecule has 4 fully saturated rings. The molecule has 2 aliphatic heterocycles. The van der Waals surface area contributed by atoms with Crippen LogP contribution in [0.2, 0.25) is 0 Å². The molecule has 0 aromatic rings. The van der Waals surface area contributed by atoms with Crippen LogP contribution in [0.25, 0.3) is 0 Å². The first-order valence-corrected chi connectivity index (χ1v) is 9.31. The second kappa shape index (κ2) is 6.26. The molecule has 5 atom stereocenters. The molecule has 2 amide bonds. The van der Waals surface area contributed by atoms with E-state index in [4.69, 9.17) is 9.47 Å². The number of nitrogens with zero attached hydrogens (tertiary/aromatic N) is 1. The molecule has 0 N–H and O–H groups in total. The number of allylic oxidation sites excluding steroid dienone is 2. The van der Waals surface area contributed by atoms with Gasteiger partial charge < -0.3 is 9.47 Å². The number of hydrogen-bond donors (Lipinski definition) is 0. The van der Waals surface area contributed by atoms with Crippen LogP contribution in [0.4, 0.5) is 0 Å². The lowest BCUT2D eigenvalue weighted by Gasteiger charge is -2.19. The predicted octanol–water partition coefficient (Wildman–Crippen LogP) is 2.16. The third-order valence-corrected chi connectivity index (χ3v) is 6.31. The van der Waals surface area contributed by atoms with E-state index in [1.807, 2.05) is 0 Å². The highest BCUT2D eigenvalue weighted by Gasteiger charge is 2.63. The van der Waals surface area contributed by atoms with Gasteiger partial charge in [-0.25, -0.2) is 0 Å². The van der Waals surface area contributed by atoms with Gasteiger partial charge in [0.25, 0.3) is 0 Å². The fraction of sp³-hybridized carbons (Fsp3) is 0.789. The molecule has 1 unspecified atom stereocenters. The van der Waals surface area contributed by atoms with Gasteiger partial charge in [-0.05, 0) is 51.4 Å². The molecule has 2 saturated heterocycles. The fourth-order valence-corrected chi connectivity index (χ4v) is 5.42. The molecule has 132 valence electrons. The second-order valence-corrected chi connectivity index (χ2v) is 7.84. The lowest BCUT2D eigenvalue weighted by molar-refractivity contribution is -0.141. The first-order chi connectivity index (χ1) is 11.6. The molecule has 2 saturated carbocycles. The summed E-state index contributed by atoms with van der Waals surface area (Å²) in [7, 11) is 0. The summed E-state index contributed by atoms with van der Waals surface area (Å²) < 4.78 is 11.2. The maximum Gasteiger partial charge on any atom is 0.233 e. The molecule has 0 aromatic carbocycles. The Morgan fingerprint density at radius 1 is 1.12 bits per heavy atom. The Kier molecular flexibility index (Phi) is 4.25. The first-order valence-electron chi connectivity index (χ1n) is 9.31. The van der Waals surface area contributed by atoms with Crippen molar-refractivity contribution in [3.8, 4) is 0 Å². The van der Waals surface area contributed by atoms with E-state index in [2.05, 4.69) is 13.8 Å². The van der Waals surface area contributed by atoms with E-state index in [1.165, 1.54) is 16.0 Å². The normalized spacial score (nSPS) is 37.7. The highest BCUT2D eigenvalue weighted by Crippen LogP contribution is 2.59. The number of hydrogen-bond acceptors (Lipinski definition) is 4. The smallest absolute Gasteiger partial charge is 0.233 e. The van der Waals surface area contributed by atoms with Crippen molar-refractivity contribution in [2.45, 2.75) is 45.6 Å². The quantitative estimate of drug-likeness (QED) is 0.439. The Labute approximate surface area is 143 Å². The van der Waals surface area contributed by atoms with Crippen LogP contribution in [0, 0.1) is 23.7 Å². The molecule has 5 nitrogen and oxygen atoms in total. The molecule has 4 aliphatic rings. The zero-order chi connectivity index (χ0) is 16.8. The van der Waals surface area contributed by atoms with Gasteiger partial charge in [0.2, 0.25) is 11.8 Å². The van der Waals surface area contributed by atoms with E-state index in [0.29, 0.717) is 31.6 Å². The van der Waals surface area contributed by atoms with E-state index >= 15 is 0 Å². The van der Waals surface area contributed by atoms with Gasteiger partial charge in [-0.2, -0.15) is 0 Å². The van der Waals surface area contributed by atoms with Crippen LogP contribution in [0.5, 0.6) is 0 Å². The monoisotopic (exact) mass is 333 g/mol. The zero-order valence-electron chi connectivity index (χ0n) is 14.6. The largest absolute Gasteiger partial charge is 0.377 e. The molecule has 0 aromatic heterocycles. The molecule has 5 heteroatoms. The second-order valence-electron chi connectivity index (χ2n) is 7.84. The maximum atomic E-state index is 12.8. The molecule has 2 heterocycles. The summed E-state index contributed by atoms with van der Waals surface area (Å²) in [6.07, 6.45) is 4.45. The van der Waals surface area contributed by atoms with Gasteiger partial charge in [0.05, 0.1) is 37.7 Å². The molecule has 2 aliphatic carbocycles. The van der Waals surface area contributed by atoms with Crippen LogP contribution >= 0.6 is 0 Å². The highest BCUT2D eigenvalue weighted by molar-refractivity contribution is 6.06. The summed E-state index contributed by atoms with van der Waals surface area (Å²) in [5, 5.41) is 0. The molecule has 4 rings (SSSR count). The number of imide groups is 1. The number of rotatable bonds is 5. The van der Waals surface area contributed by atoms with Gasteiger partial charge in [0.1, 0.15) is 0 Å². The number of fused-ring (bicyclic) bond motifs is 5. The van der Waals surface area contributed by atoms with Crippen molar-refractivity contribution in [1.82, 2.24) is 4.90 Å². The average Bonchev–Trinajstić information content (AvgIpc) is 3.30. The molecule has 0 radical (unpaired) electrons. The summed E-state index contributed by atoms with van der Waals surface area (Å²) in [5.74, 6) is 0.491. The number of ether oxygens (including phenoxy) is 2. The summed E-state index contributed by atoms with van der Waals surface area (Å²) >= 11 is 0. The first kappa shape index (κ1) is 16.3. The molecule has 0 spiro atoms. The van der Waals surface area contributed by atoms with Gasteiger partial charge in [-0.15, -0.1) is 0 Å². The van der Waals surface area contributed by atoms with Crippen molar-refractivity contribution >= 4 is 11.8 Å². The average molecular weight is 333 g/mol. The van der Waals surface area contributed by atoms with Crippen LogP contribution in [-0.4, -0.2) is 49.2 Å². The minimum Gasteiger partial charge on any atom is -0.377 e. The van der Waals surface area contributed by atoms with Crippen molar-refractivity contribution in [3.05, 3.63) is 11.1 Å². The van der Waals surface area contributed by atoms with Crippen LogP contribution in [-0.2, 0) is 19.1 Å². The summed E-state index contributed by atoms with van der Waals surface area (Å²) in [6.45, 7) is 6.43. The standard InChI is InChI=1S/C19H27NO4/c1-11(2)15-13-5-6-14(15)17-16(13)18(21)20(19(17)22)7-9-23-10-12-4-3-8-24-12/h12-14,16-17H,3-10H2,1-2H3/t12?,13-,14+,16+,17-. The number of amides is 2. The lowest BCUT2D eigenvalue weighted by Crippen LogP contribution is -2.36. The van der Waals surface area contributed by atoms with Crippen molar-refractivity contribution in [2.24, 2.45) is 23.7 Å². The maximum absolute atomic E-state index is 12.8. The molecular formula is C19H27NO4. The highest BCUT2D eigenvalue weighted by atomic mass is 16.5. The summed E-state index contributed by atoms with van der Waals surface area (Å²) in [4.78, 5) is 27.1. The lowest BCUT2D eigenvalue weighted by atomic mass is 9.81.